The van der Waals surface area contributed by atoms with Crippen molar-refractivity contribution in [3.63, 3.8) is 0 Å². The van der Waals surface area contributed by atoms with Crippen LogP contribution in [-0.4, -0.2) is 25.4 Å². The van der Waals surface area contributed by atoms with Crippen molar-refractivity contribution in [2.24, 2.45) is 0 Å². The van der Waals surface area contributed by atoms with Crippen LogP contribution < -0.4 is 10.1 Å². The maximum Gasteiger partial charge on any atom is 0.118 e. The van der Waals surface area contributed by atoms with E-state index in [0.717, 1.165) is 18.0 Å². The largest absolute Gasteiger partial charge is 0.497 e. The van der Waals surface area contributed by atoms with E-state index in [0.29, 0.717) is 6.04 Å². The fourth-order valence-corrected chi connectivity index (χ4v) is 2.82. The second-order valence-corrected chi connectivity index (χ2v) is 5.52. The highest BCUT2D eigenvalue weighted by Crippen LogP contribution is 2.22. The van der Waals surface area contributed by atoms with Gasteiger partial charge in [0, 0.05) is 16.7 Å². The Morgan fingerprint density at radius 3 is 2.44 bits per heavy atom. The first-order valence-electron chi connectivity index (χ1n) is 6.80. The Hall–Kier alpha value is -0.670. The molecule has 1 rings (SSSR count). The van der Waals surface area contributed by atoms with Gasteiger partial charge >= 0.3 is 0 Å². The highest BCUT2D eigenvalue weighted by atomic mass is 32.2. The van der Waals surface area contributed by atoms with E-state index in [-0.39, 0.29) is 0 Å². The molecular formula is C15H25NOS. The minimum absolute atomic E-state index is 0.627. The summed E-state index contributed by atoms with van der Waals surface area (Å²) in [6.45, 7) is 5.58. The van der Waals surface area contributed by atoms with Crippen molar-refractivity contribution >= 4 is 11.8 Å². The molecule has 1 N–H and O–H groups in total. The molecular weight excluding hydrogens is 242 g/mol. The first-order valence-corrected chi connectivity index (χ1v) is 7.79. The summed E-state index contributed by atoms with van der Waals surface area (Å²) in [5.41, 5.74) is 0. The molecule has 102 valence electrons. The molecule has 1 unspecified atom stereocenters. The summed E-state index contributed by atoms with van der Waals surface area (Å²) < 4.78 is 5.16. The molecule has 0 amide bonds. The van der Waals surface area contributed by atoms with Crippen molar-refractivity contribution in [2.75, 3.05) is 19.4 Å². The van der Waals surface area contributed by atoms with Crippen LogP contribution in [0.5, 0.6) is 5.75 Å². The second-order valence-electron chi connectivity index (χ2n) is 4.43. The van der Waals surface area contributed by atoms with Gasteiger partial charge in [-0.15, -0.1) is 11.8 Å². The molecule has 0 saturated heterocycles. The lowest BCUT2D eigenvalue weighted by molar-refractivity contribution is 0.414. The van der Waals surface area contributed by atoms with Gasteiger partial charge in [0.05, 0.1) is 7.11 Å². The standard InChI is InChI=1S/C15H25NOS/c1-4-6-13(16-11-5-2)12-18-15-9-7-14(17-3)8-10-15/h7-10,13,16H,4-6,11-12H2,1-3H3. The third kappa shape index (κ3) is 5.78. The molecule has 2 nitrogen and oxygen atoms in total. The molecule has 0 aliphatic carbocycles. The van der Waals surface area contributed by atoms with Crippen LogP contribution in [-0.2, 0) is 0 Å². The monoisotopic (exact) mass is 267 g/mol. The average molecular weight is 267 g/mol. The van der Waals surface area contributed by atoms with Gasteiger partial charge in [0.15, 0.2) is 0 Å². The van der Waals surface area contributed by atoms with Crippen LogP contribution in [0.3, 0.4) is 0 Å². The quantitative estimate of drug-likeness (QED) is 0.684. The van der Waals surface area contributed by atoms with Gasteiger partial charge in [0.25, 0.3) is 0 Å². The van der Waals surface area contributed by atoms with E-state index >= 15 is 0 Å². The number of ether oxygens (including phenoxy) is 1. The zero-order valence-corrected chi connectivity index (χ0v) is 12.6. The molecule has 3 heteroatoms. The van der Waals surface area contributed by atoms with Crippen molar-refractivity contribution in [1.29, 1.82) is 0 Å². The van der Waals surface area contributed by atoms with Gasteiger partial charge in [-0.25, -0.2) is 0 Å². The summed E-state index contributed by atoms with van der Waals surface area (Å²) in [6.07, 6.45) is 3.70. The Morgan fingerprint density at radius 2 is 1.89 bits per heavy atom. The minimum Gasteiger partial charge on any atom is -0.497 e. The fraction of sp³-hybridized carbons (Fsp3) is 0.600. The van der Waals surface area contributed by atoms with Crippen LogP contribution in [0.25, 0.3) is 0 Å². The molecule has 0 bridgehead atoms. The van der Waals surface area contributed by atoms with Crippen LogP contribution in [0.4, 0.5) is 0 Å². The lowest BCUT2D eigenvalue weighted by Gasteiger charge is -2.17. The van der Waals surface area contributed by atoms with Crippen molar-refractivity contribution in [1.82, 2.24) is 5.32 Å². The molecule has 0 spiro atoms. The normalized spacial score (nSPS) is 12.4. The van der Waals surface area contributed by atoms with E-state index in [2.05, 4.69) is 31.3 Å². The predicted octanol–water partition coefficient (Wildman–Crippen LogP) is 3.96. The molecule has 0 fully saturated rings. The van der Waals surface area contributed by atoms with Crippen LogP contribution in [0, 0.1) is 0 Å². The van der Waals surface area contributed by atoms with Crippen molar-refractivity contribution < 1.29 is 4.74 Å². The summed E-state index contributed by atoms with van der Waals surface area (Å²) in [6, 6.07) is 8.94. The van der Waals surface area contributed by atoms with E-state index in [1.165, 1.54) is 24.2 Å². The molecule has 0 saturated carbocycles. The molecule has 0 radical (unpaired) electrons. The first-order chi connectivity index (χ1) is 8.80. The zero-order valence-electron chi connectivity index (χ0n) is 11.7. The Kier molecular flexibility index (Phi) is 7.94. The van der Waals surface area contributed by atoms with Gasteiger partial charge in [-0.05, 0) is 43.7 Å². The van der Waals surface area contributed by atoms with Crippen molar-refractivity contribution in [3.8, 4) is 5.75 Å². The first kappa shape index (κ1) is 15.4. The number of nitrogens with one attached hydrogen (secondary N) is 1. The van der Waals surface area contributed by atoms with Crippen LogP contribution in [0.15, 0.2) is 29.2 Å². The maximum atomic E-state index is 5.16. The minimum atomic E-state index is 0.627. The zero-order chi connectivity index (χ0) is 13.2. The summed E-state index contributed by atoms with van der Waals surface area (Å²) in [4.78, 5) is 1.32. The Balaban J connectivity index is 2.39. The lowest BCUT2D eigenvalue weighted by Crippen LogP contribution is -2.31. The number of hydrogen-bond donors (Lipinski definition) is 1. The number of benzene rings is 1. The molecule has 0 aliphatic rings. The maximum absolute atomic E-state index is 5.16. The van der Waals surface area contributed by atoms with Gasteiger partial charge < -0.3 is 10.1 Å². The van der Waals surface area contributed by atoms with Gasteiger partial charge in [-0.2, -0.15) is 0 Å². The number of thioether (sulfide) groups is 1. The second kappa shape index (κ2) is 9.29. The van der Waals surface area contributed by atoms with E-state index in [9.17, 15) is 0 Å². The Morgan fingerprint density at radius 1 is 1.17 bits per heavy atom. The topological polar surface area (TPSA) is 21.3 Å². The summed E-state index contributed by atoms with van der Waals surface area (Å²) in [5, 5.41) is 3.62. The third-order valence-electron chi connectivity index (χ3n) is 2.83. The van der Waals surface area contributed by atoms with E-state index in [4.69, 9.17) is 4.74 Å². The smallest absolute Gasteiger partial charge is 0.118 e. The van der Waals surface area contributed by atoms with E-state index < -0.39 is 0 Å². The highest BCUT2D eigenvalue weighted by molar-refractivity contribution is 7.99. The fourth-order valence-electron chi connectivity index (χ4n) is 1.81. The summed E-state index contributed by atoms with van der Waals surface area (Å²) >= 11 is 1.92. The van der Waals surface area contributed by atoms with Gasteiger partial charge in [-0.1, -0.05) is 20.3 Å². The van der Waals surface area contributed by atoms with Crippen LogP contribution >= 0.6 is 11.8 Å². The number of hydrogen-bond acceptors (Lipinski definition) is 3. The van der Waals surface area contributed by atoms with Crippen molar-refractivity contribution in [2.45, 2.75) is 44.0 Å². The molecule has 1 atom stereocenters. The summed E-state index contributed by atoms with van der Waals surface area (Å²) in [7, 11) is 1.70. The SMILES string of the molecule is CCCNC(CCC)CSc1ccc(OC)cc1. The van der Waals surface area contributed by atoms with Gasteiger partial charge in [0.2, 0.25) is 0 Å². The molecule has 0 aromatic heterocycles. The number of rotatable bonds is 9. The molecule has 18 heavy (non-hydrogen) atoms. The van der Waals surface area contributed by atoms with Crippen LogP contribution in [0.1, 0.15) is 33.1 Å². The molecule has 1 aromatic carbocycles. The highest BCUT2D eigenvalue weighted by Gasteiger charge is 2.07. The Labute approximate surface area is 116 Å². The molecule has 0 heterocycles. The molecule has 0 aliphatic heterocycles. The number of methoxy groups -OCH3 is 1. The lowest BCUT2D eigenvalue weighted by atomic mass is 10.2. The predicted molar refractivity (Wildman–Crippen MR) is 80.7 cm³/mol. The summed E-state index contributed by atoms with van der Waals surface area (Å²) in [5.74, 6) is 2.06. The average Bonchev–Trinajstić information content (AvgIpc) is 2.42. The van der Waals surface area contributed by atoms with Gasteiger partial charge in [-0.3, -0.25) is 0 Å². The van der Waals surface area contributed by atoms with E-state index in [1.54, 1.807) is 7.11 Å². The van der Waals surface area contributed by atoms with Crippen molar-refractivity contribution in [3.05, 3.63) is 24.3 Å². The Bertz CT molecular complexity index is 313. The van der Waals surface area contributed by atoms with E-state index in [1.807, 2.05) is 23.9 Å². The van der Waals surface area contributed by atoms with Crippen LogP contribution in [0.2, 0.25) is 0 Å². The molecule has 1 aromatic rings. The van der Waals surface area contributed by atoms with Gasteiger partial charge in [0.1, 0.15) is 5.75 Å². The third-order valence-corrected chi connectivity index (χ3v) is 4.01.